The van der Waals surface area contributed by atoms with Crippen LogP contribution >= 0.6 is 0 Å². The zero-order valence-electron chi connectivity index (χ0n) is 19.5. The van der Waals surface area contributed by atoms with Crippen LogP contribution in [0.3, 0.4) is 0 Å². The molecule has 0 N–H and O–H groups in total. The Hall–Kier alpha value is -3.53. The highest BCUT2D eigenvalue weighted by Crippen LogP contribution is 2.38. The summed E-state index contributed by atoms with van der Waals surface area (Å²) in [7, 11) is 0. The topological polar surface area (TPSA) is 117 Å². The number of esters is 1. The number of pyridine rings is 1. The van der Waals surface area contributed by atoms with Gasteiger partial charge in [-0.15, -0.1) is 0 Å². The molecular weight excluding hydrogens is 440 g/mol. The van der Waals surface area contributed by atoms with Crippen molar-refractivity contribution in [1.29, 1.82) is 0 Å². The summed E-state index contributed by atoms with van der Waals surface area (Å²) in [6.45, 7) is 6.31. The zero-order valence-corrected chi connectivity index (χ0v) is 19.5. The summed E-state index contributed by atoms with van der Waals surface area (Å²) >= 11 is 0. The molecule has 0 spiro atoms. The van der Waals surface area contributed by atoms with Crippen molar-refractivity contribution in [2.75, 3.05) is 24.7 Å². The maximum Gasteiger partial charge on any atom is 0.414 e. The minimum absolute atomic E-state index is 0.00938. The summed E-state index contributed by atoms with van der Waals surface area (Å²) in [5.41, 5.74) is 2.22. The van der Waals surface area contributed by atoms with E-state index in [0.29, 0.717) is 41.8 Å². The predicted molar refractivity (Wildman–Crippen MR) is 124 cm³/mol. The lowest BCUT2D eigenvalue weighted by atomic mass is 9.99. The van der Waals surface area contributed by atoms with E-state index < -0.39 is 12.1 Å². The second-order valence-corrected chi connectivity index (χ2v) is 7.82. The van der Waals surface area contributed by atoms with Gasteiger partial charge in [-0.25, -0.2) is 24.5 Å². The lowest BCUT2D eigenvalue weighted by Crippen LogP contribution is -2.46. The SMILES string of the molecule is CCOC(=O)c1oc2ccc(-c3cncnc3)nc2c1N(C(=O)OCC)[C@H]1CCO[C@@H](CC)C1. The van der Waals surface area contributed by atoms with Gasteiger partial charge in [0.05, 0.1) is 25.0 Å². The summed E-state index contributed by atoms with van der Waals surface area (Å²) in [5, 5.41) is 0. The molecule has 1 saturated heterocycles. The monoisotopic (exact) mass is 468 g/mol. The third-order valence-corrected chi connectivity index (χ3v) is 5.69. The maximum atomic E-state index is 13.3. The van der Waals surface area contributed by atoms with E-state index in [2.05, 4.69) is 9.97 Å². The van der Waals surface area contributed by atoms with Crippen LogP contribution in [0.25, 0.3) is 22.4 Å². The van der Waals surface area contributed by atoms with Crippen LogP contribution < -0.4 is 4.90 Å². The Balaban J connectivity index is 1.91. The highest BCUT2D eigenvalue weighted by molar-refractivity contribution is 6.08. The predicted octanol–water partition coefficient (Wildman–Crippen LogP) is 4.38. The fraction of sp³-hybridized carbons (Fsp3) is 0.458. The van der Waals surface area contributed by atoms with Gasteiger partial charge < -0.3 is 18.6 Å². The number of anilines is 1. The number of aromatic nitrogens is 3. The summed E-state index contributed by atoms with van der Waals surface area (Å²) in [6, 6.07) is 3.19. The Morgan fingerprint density at radius 3 is 2.59 bits per heavy atom. The number of furan rings is 1. The Morgan fingerprint density at radius 1 is 1.12 bits per heavy atom. The van der Waals surface area contributed by atoms with Gasteiger partial charge in [-0.3, -0.25) is 4.90 Å². The minimum Gasteiger partial charge on any atom is -0.460 e. The van der Waals surface area contributed by atoms with E-state index in [4.69, 9.17) is 23.6 Å². The number of nitrogens with zero attached hydrogens (tertiary/aromatic N) is 4. The molecule has 0 bridgehead atoms. The number of carbonyl (C=O) groups is 2. The Bertz CT molecular complexity index is 1150. The Kier molecular flexibility index (Phi) is 7.36. The van der Waals surface area contributed by atoms with E-state index in [9.17, 15) is 9.59 Å². The number of ether oxygens (including phenoxy) is 3. The number of carbonyl (C=O) groups excluding carboxylic acids is 2. The molecule has 1 amide bonds. The van der Waals surface area contributed by atoms with E-state index in [1.165, 1.54) is 11.2 Å². The number of fused-ring (bicyclic) bond motifs is 1. The molecule has 1 aliphatic heterocycles. The van der Waals surface area contributed by atoms with Crippen molar-refractivity contribution in [3.63, 3.8) is 0 Å². The van der Waals surface area contributed by atoms with Crippen molar-refractivity contribution in [2.24, 2.45) is 0 Å². The second-order valence-electron chi connectivity index (χ2n) is 7.82. The van der Waals surface area contributed by atoms with Gasteiger partial charge in [0.2, 0.25) is 5.76 Å². The zero-order chi connectivity index (χ0) is 24.1. The van der Waals surface area contributed by atoms with Crippen LogP contribution in [0.15, 0.2) is 35.3 Å². The molecule has 1 aliphatic rings. The van der Waals surface area contributed by atoms with Gasteiger partial charge in [0, 0.05) is 30.6 Å². The molecule has 0 aromatic carbocycles. The molecule has 34 heavy (non-hydrogen) atoms. The van der Waals surface area contributed by atoms with Crippen molar-refractivity contribution in [1.82, 2.24) is 15.0 Å². The smallest absolute Gasteiger partial charge is 0.414 e. The number of hydrogen-bond acceptors (Lipinski definition) is 9. The van der Waals surface area contributed by atoms with Gasteiger partial charge in [-0.2, -0.15) is 0 Å². The molecule has 1 fully saturated rings. The van der Waals surface area contributed by atoms with Crippen molar-refractivity contribution in [3.8, 4) is 11.3 Å². The van der Waals surface area contributed by atoms with Crippen molar-refractivity contribution < 1.29 is 28.2 Å². The lowest BCUT2D eigenvalue weighted by Gasteiger charge is -2.36. The quantitative estimate of drug-likeness (QED) is 0.466. The average Bonchev–Trinajstić information content (AvgIpc) is 3.24. The fourth-order valence-electron chi connectivity index (χ4n) is 4.11. The van der Waals surface area contributed by atoms with Crippen LogP contribution in [0.4, 0.5) is 10.5 Å². The maximum absolute atomic E-state index is 13.3. The molecule has 3 aromatic rings. The number of hydrogen-bond donors (Lipinski definition) is 0. The van der Waals surface area contributed by atoms with Crippen LogP contribution in [0.5, 0.6) is 0 Å². The standard InChI is InChI=1S/C24H28N4O6/c1-4-17-11-16(9-10-33-17)28(24(30)32-6-3)21-20-19(34-22(21)23(29)31-5-2)8-7-18(27-20)15-12-25-14-26-13-15/h7-8,12-14,16-17H,4-6,9-11H2,1-3H3/t16-,17-/m0/s1. The first-order valence-corrected chi connectivity index (χ1v) is 11.5. The van der Waals surface area contributed by atoms with Gasteiger partial charge in [0.15, 0.2) is 5.58 Å². The first kappa shape index (κ1) is 23.6. The molecule has 0 radical (unpaired) electrons. The summed E-state index contributed by atoms with van der Waals surface area (Å²) < 4.78 is 22.4. The summed E-state index contributed by atoms with van der Waals surface area (Å²) in [4.78, 5) is 40.5. The molecule has 4 rings (SSSR count). The fourth-order valence-corrected chi connectivity index (χ4v) is 4.11. The first-order chi connectivity index (χ1) is 16.6. The summed E-state index contributed by atoms with van der Waals surface area (Å²) in [5.74, 6) is -0.758. The van der Waals surface area contributed by atoms with Crippen molar-refractivity contribution in [2.45, 2.75) is 52.2 Å². The van der Waals surface area contributed by atoms with Crippen LogP contribution in [0, 0.1) is 0 Å². The third-order valence-electron chi connectivity index (χ3n) is 5.69. The first-order valence-electron chi connectivity index (χ1n) is 11.5. The van der Waals surface area contributed by atoms with Gasteiger partial charge in [0.25, 0.3) is 0 Å². The molecule has 0 saturated carbocycles. The molecular formula is C24H28N4O6. The largest absolute Gasteiger partial charge is 0.460 e. The van der Waals surface area contributed by atoms with E-state index >= 15 is 0 Å². The van der Waals surface area contributed by atoms with Crippen LogP contribution in [-0.2, 0) is 14.2 Å². The normalized spacial score (nSPS) is 18.0. The molecule has 0 aliphatic carbocycles. The van der Waals surface area contributed by atoms with E-state index in [-0.39, 0.29) is 36.8 Å². The third kappa shape index (κ3) is 4.72. The molecule has 10 nitrogen and oxygen atoms in total. The molecule has 0 unspecified atom stereocenters. The van der Waals surface area contributed by atoms with Crippen LogP contribution in [0.1, 0.15) is 50.6 Å². The molecule has 180 valence electrons. The van der Waals surface area contributed by atoms with Crippen molar-refractivity contribution >= 4 is 28.8 Å². The Morgan fingerprint density at radius 2 is 1.88 bits per heavy atom. The van der Waals surface area contributed by atoms with Crippen LogP contribution in [-0.4, -0.2) is 59.0 Å². The lowest BCUT2D eigenvalue weighted by molar-refractivity contribution is 0.00465. The van der Waals surface area contributed by atoms with Crippen molar-refractivity contribution in [3.05, 3.63) is 36.6 Å². The van der Waals surface area contributed by atoms with Gasteiger partial charge >= 0.3 is 12.1 Å². The Labute approximate surface area is 197 Å². The second kappa shape index (κ2) is 10.6. The number of amides is 1. The molecule has 3 aromatic heterocycles. The minimum atomic E-state index is -0.673. The van der Waals surface area contributed by atoms with Gasteiger partial charge in [-0.1, -0.05) is 6.92 Å². The van der Waals surface area contributed by atoms with E-state index in [1.807, 2.05) is 6.92 Å². The van der Waals surface area contributed by atoms with Crippen LogP contribution in [0.2, 0.25) is 0 Å². The molecule has 10 heteroatoms. The average molecular weight is 469 g/mol. The van der Waals surface area contributed by atoms with Gasteiger partial charge in [-0.05, 0) is 45.2 Å². The highest BCUT2D eigenvalue weighted by atomic mass is 16.6. The highest BCUT2D eigenvalue weighted by Gasteiger charge is 2.38. The summed E-state index contributed by atoms with van der Waals surface area (Å²) in [6.07, 6.45) is 6.11. The number of rotatable bonds is 7. The van der Waals surface area contributed by atoms with Gasteiger partial charge in [0.1, 0.15) is 17.5 Å². The van der Waals surface area contributed by atoms with E-state index in [1.54, 1.807) is 38.4 Å². The van der Waals surface area contributed by atoms with E-state index in [0.717, 1.165) is 6.42 Å². The molecule has 4 heterocycles. The molecule has 2 atom stereocenters.